The molecule has 0 amide bonds. The van der Waals surface area contributed by atoms with Crippen LogP contribution in [0.4, 0.5) is 0 Å². The van der Waals surface area contributed by atoms with Crippen LogP contribution >= 0.6 is 23.7 Å². The molecule has 0 aromatic rings. The van der Waals surface area contributed by atoms with Crippen LogP contribution in [0.25, 0.3) is 0 Å². The zero-order valence-electron chi connectivity index (χ0n) is 6.14. The highest BCUT2D eigenvalue weighted by Crippen LogP contribution is 2.09. The summed E-state index contributed by atoms with van der Waals surface area (Å²) in [5.41, 5.74) is 0. The third kappa shape index (κ3) is 5.49. The molecule has 0 saturated carbocycles. The van der Waals surface area contributed by atoms with Crippen LogP contribution in [-0.2, 0) is 0 Å². The van der Waals surface area contributed by atoms with Crippen molar-refractivity contribution in [1.82, 2.24) is 0 Å². The van der Waals surface area contributed by atoms with Crippen LogP contribution in [-0.4, -0.2) is 40.2 Å². The van der Waals surface area contributed by atoms with Crippen molar-refractivity contribution in [3.63, 3.8) is 0 Å². The fourth-order valence-electron chi connectivity index (χ4n) is 0.500. The predicted octanol–water partition coefficient (Wildman–Crippen LogP) is 0.486. The lowest BCUT2D eigenvalue weighted by atomic mass is 10.3. The smallest absolute Gasteiger partial charge is 0.0916 e. The minimum atomic E-state index is -0.856. The van der Waals surface area contributed by atoms with Crippen LogP contribution in [0.1, 0.15) is 0 Å². The third-order valence-corrected chi connectivity index (χ3v) is 2.35. The van der Waals surface area contributed by atoms with E-state index in [0.29, 0.717) is 5.75 Å². The number of aliphatic hydroxyl groups is 2. The van der Waals surface area contributed by atoms with Gasteiger partial charge in [-0.2, -0.15) is 11.8 Å². The molecule has 0 bridgehead atoms. The predicted molar refractivity (Wildman–Crippen MR) is 48.6 cm³/mol. The number of hydrogen-bond acceptors (Lipinski definition) is 6. The van der Waals surface area contributed by atoms with Gasteiger partial charge in [0.05, 0.1) is 12.2 Å². The van der Waals surface area contributed by atoms with Crippen molar-refractivity contribution in [3.8, 4) is 0 Å². The second-order valence-corrected chi connectivity index (χ2v) is 3.61. The standard InChI is InChI=1S/C5H11NO3S2/c1-10-2-4(7)5(8)3-11-6-9/h4-5,7-8H,2-3H2,1H3. The van der Waals surface area contributed by atoms with Crippen molar-refractivity contribution < 1.29 is 10.2 Å². The van der Waals surface area contributed by atoms with Gasteiger partial charge in [-0.3, -0.25) is 0 Å². The van der Waals surface area contributed by atoms with Crippen molar-refractivity contribution in [3.05, 3.63) is 4.91 Å². The van der Waals surface area contributed by atoms with Gasteiger partial charge in [-0.1, -0.05) is 0 Å². The second-order valence-electron chi connectivity index (χ2n) is 1.96. The van der Waals surface area contributed by atoms with Crippen molar-refractivity contribution in [1.29, 1.82) is 0 Å². The van der Waals surface area contributed by atoms with Gasteiger partial charge in [0, 0.05) is 28.0 Å². The molecule has 0 fully saturated rings. The fourth-order valence-corrected chi connectivity index (χ4v) is 1.50. The zero-order chi connectivity index (χ0) is 8.69. The van der Waals surface area contributed by atoms with E-state index in [0.717, 1.165) is 11.9 Å². The van der Waals surface area contributed by atoms with Gasteiger partial charge in [0.15, 0.2) is 0 Å². The van der Waals surface area contributed by atoms with Crippen molar-refractivity contribution >= 4 is 23.7 Å². The average Bonchev–Trinajstić information content (AvgIpc) is 2.00. The van der Waals surface area contributed by atoms with Crippen LogP contribution in [0, 0.1) is 4.91 Å². The normalized spacial score (nSPS) is 15.9. The fraction of sp³-hybridized carbons (Fsp3) is 1.00. The maximum absolute atomic E-state index is 9.60. The van der Waals surface area contributed by atoms with Crippen LogP contribution < -0.4 is 0 Å². The molecule has 2 N–H and O–H groups in total. The van der Waals surface area contributed by atoms with E-state index in [1.807, 2.05) is 6.26 Å². The van der Waals surface area contributed by atoms with Crippen molar-refractivity contribution in [2.75, 3.05) is 17.8 Å². The molecule has 0 rings (SSSR count). The largest absolute Gasteiger partial charge is 0.390 e. The summed E-state index contributed by atoms with van der Waals surface area (Å²) in [6.07, 6.45) is 0.213. The Hall–Kier alpha value is 0.220. The molecule has 0 aliphatic rings. The number of rotatable bonds is 6. The molecule has 6 heteroatoms. The first-order valence-electron chi connectivity index (χ1n) is 3.02. The van der Waals surface area contributed by atoms with Crippen LogP contribution in [0.3, 0.4) is 0 Å². The van der Waals surface area contributed by atoms with Gasteiger partial charge in [0.25, 0.3) is 0 Å². The molecule has 0 saturated heterocycles. The van der Waals surface area contributed by atoms with E-state index in [2.05, 4.69) is 4.58 Å². The minimum Gasteiger partial charge on any atom is -0.390 e. The van der Waals surface area contributed by atoms with Gasteiger partial charge in [0.1, 0.15) is 0 Å². The Labute approximate surface area is 73.9 Å². The number of aliphatic hydroxyl groups excluding tert-OH is 2. The van der Waals surface area contributed by atoms with Gasteiger partial charge in [-0.25, -0.2) is 0 Å². The number of thioether (sulfide) groups is 1. The lowest BCUT2D eigenvalue weighted by Gasteiger charge is -2.13. The molecule has 0 aliphatic carbocycles. The maximum atomic E-state index is 9.60. The monoisotopic (exact) mass is 197 g/mol. The summed E-state index contributed by atoms with van der Waals surface area (Å²) in [6, 6.07) is 0. The molecule has 0 heterocycles. The molecular formula is C5H11NO3S2. The number of nitrogens with zero attached hydrogens (tertiary/aromatic N) is 1. The van der Waals surface area contributed by atoms with E-state index in [9.17, 15) is 4.91 Å². The second kappa shape index (κ2) is 6.90. The van der Waals surface area contributed by atoms with E-state index >= 15 is 0 Å². The SMILES string of the molecule is CSCC(O)C(O)CSN=O. The maximum Gasteiger partial charge on any atom is 0.0916 e. The first-order chi connectivity index (χ1) is 5.22. The summed E-state index contributed by atoms with van der Waals surface area (Å²) < 4.78 is 2.51. The van der Waals surface area contributed by atoms with E-state index in [1.165, 1.54) is 11.8 Å². The van der Waals surface area contributed by atoms with Crippen molar-refractivity contribution in [2.24, 2.45) is 4.58 Å². The third-order valence-electron chi connectivity index (χ3n) is 1.08. The van der Waals surface area contributed by atoms with Gasteiger partial charge >= 0.3 is 0 Å². The van der Waals surface area contributed by atoms with Crippen LogP contribution in [0.15, 0.2) is 4.58 Å². The first-order valence-corrected chi connectivity index (χ1v) is 5.35. The molecule has 0 radical (unpaired) electrons. The van der Waals surface area contributed by atoms with Crippen LogP contribution in [0.2, 0.25) is 0 Å². The summed E-state index contributed by atoms with van der Waals surface area (Å²) in [7, 11) is 0. The molecule has 0 aromatic carbocycles. The molecule has 4 nitrogen and oxygen atoms in total. The molecule has 2 unspecified atom stereocenters. The Morgan fingerprint density at radius 2 is 1.91 bits per heavy atom. The Morgan fingerprint density at radius 3 is 2.36 bits per heavy atom. The summed E-state index contributed by atoms with van der Waals surface area (Å²) in [4.78, 5) is 9.60. The molecule has 11 heavy (non-hydrogen) atoms. The van der Waals surface area contributed by atoms with E-state index in [4.69, 9.17) is 10.2 Å². The summed E-state index contributed by atoms with van der Waals surface area (Å²) in [6.45, 7) is 0. The number of nitroso groups, excluding NO2 is 1. The highest BCUT2D eigenvalue weighted by atomic mass is 32.2. The summed E-state index contributed by atoms with van der Waals surface area (Å²) in [5.74, 6) is 0.631. The quantitative estimate of drug-likeness (QED) is 0.479. The molecular weight excluding hydrogens is 186 g/mol. The number of hydrogen-bond donors (Lipinski definition) is 2. The lowest BCUT2D eigenvalue weighted by Crippen LogP contribution is -2.29. The molecule has 66 valence electrons. The molecule has 0 aliphatic heterocycles. The van der Waals surface area contributed by atoms with E-state index in [1.54, 1.807) is 0 Å². The Morgan fingerprint density at radius 1 is 1.36 bits per heavy atom. The minimum absolute atomic E-state index is 0.158. The molecule has 0 aromatic heterocycles. The highest BCUT2D eigenvalue weighted by Gasteiger charge is 2.15. The van der Waals surface area contributed by atoms with E-state index in [-0.39, 0.29) is 5.75 Å². The van der Waals surface area contributed by atoms with Gasteiger partial charge < -0.3 is 10.2 Å². The summed E-state index contributed by atoms with van der Waals surface area (Å²) in [5, 5.41) is 18.2. The van der Waals surface area contributed by atoms with Crippen molar-refractivity contribution in [2.45, 2.75) is 12.2 Å². The topological polar surface area (TPSA) is 69.9 Å². The first kappa shape index (κ1) is 11.2. The van der Waals surface area contributed by atoms with Crippen LogP contribution in [0.5, 0.6) is 0 Å². The van der Waals surface area contributed by atoms with Gasteiger partial charge in [-0.05, 0) is 6.26 Å². The summed E-state index contributed by atoms with van der Waals surface area (Å²) >= 11 is 2.16. The molecule has 2 atom stereocenters. The Kier molecular flexibility index (Phi) is 7.04. The van der Waals surface area contributed by atoms with E-state index < -0.39 is 12.2 Å². The zero-order valence-corrected chi connectivity index (χ0v) is 7.77. The van der Waals surface area contributed by atoms with Gasteiger partial charge in [-0.15, -0.1) is 4.91 Å². The average molecular weight is 197 g/mol. The lowest BCUT2D eigenvalue weighted by molar-refractivity contribution is 0.0500. The Balaban J connectivity index is 3.45. The molecule has 0 spiro atoms. The Bertz CT molecular complexity index is 114. The highest BCUT2D eigenvalue weighted by molar-refractivity contribution is 7.98. The van der Waals surface area contributed by atoms with Gasteiger partial charge in [0.2, 0.25) is 0 Å².